The van der Waals surface area contributed by atoms with Crippen LogP contribution in [0.1, 0.15) is 51.4 Å². The van der Waals surface area contributed by atoms with Crippen molar-refractivity contribution < 1.29 is 14.3 Å². The number of cyclic esters (lactones) is 1. The van der Waals surface area contributed by atoms with Gasteiger partial charge in [-0.2, -0.15) is 0 Å². The summed E-state index contributed by atoms with van der Waals surface area (Å²) in [6.07, 6.45) is 10.2. The molecule has 0 N–H and O–H groups in total. The summed E-state index contributed by atoms with van der Waals surface area (Å²) >= 11 is 6.59. The minimum atomic E-state index is -0.364. The van der Waals surface area contributed by atoms with Crippen molar-refractivity contribution in [2.24, 2.45) is 5.41 Å². The molecular formula is C22H29ClN4O3. The number of piperidine rings is 1. The lowest BCUT2D eigenvalue weighted by atomic mass is 9.78. The fraction of sp³-hybridized carbons (Fsp3) is 0.682. The SMILES string of the molecule is O=C1OCCN1c1cnc(N2CCC[C@]3(CCN(C4CCCCC4)C3=O)C2)c(Cl)c1. The summed E-state index contributed by atoms with van der Waals surface area (Å²) < 4.78 is 5.01. The molecule has 8 heteroatoms. The van der Waals surface area contributed by atoms with Gasteiger partial charge < -0.3 is 14.5 Å². The third kappa shape index (κ3) is 3.41. The van der Waals surface area contributed by atoms with Crippen molar-refractivity contribution in [1.82, 2.24) is 9.88 Å². The molecule has 0 unspecified atom stereocenters. The summed E-state index contributed by atoms with van der Waals surface area (Å²) in [7, 11) is 0. The number of ether oxygens (including phenoxy) is 1. The van der Waals surface area contributed by atoms with Crippen LogP contribution in [0.25, 0.3) is 0 Å². The van der Waals surface area contributed by atoms with Gasteiger partial charge in [-0.25, -0.2) is 9.78 Å². The zero-order valence-corrected chi connectivity index (χ0v) is 18.1. The van der Waals surface area contributed by atoms with Gasteiger partial charge in [0.25, 0.3) is 0 Å². The zero-order chi connectivity index (χ0) is 20.7. The first-order valence-corrected chi connectivity index (χ1v) is 11.6. The molecule has 7 nitrogen and oxygen atoms in total. The van der Waals surface area contributed by atoms with Gasteiger partial charge in [-0.3, -0.25) is 9.69 Å². The summed E-state index contributed by atoms with van der Waals surface area (Å²) in [5.74, 6) is 1.04. The number of carbonyl (C=O) groups is 2. The van der Waals surface area contributed by atoms with E-state index in [0.717, 1.165) is 45.2 Å². The molecule has 1 aliphatic carbocycles. The summed E-state index contributed by atoms with van der Waals surface area (Å²) in [4.78, 5) is 35.8. The molecule has 0 radical (unpaired) electrons. The Labute approximate surface area is 182 Å². The molecule has 2 amide bonds. The molecule has 0 aromatic carbocycles. The van der Waals surface area contributed by atoms with Gasteiger partial charge in [0.2, 0.25) is 5.91 Å². The number of carbonyl (C=O) groups excluding carboxylic acids is 2. The lowest BCUT2D eigenvalue weighted by Gasteiger charge is -2.41. The Morgan fingerprint density at radius 3 is 2.63 bits per heavy atom. The number of hydrogen-bond acceptors (Lipinski definition) is 5. The highest BCUT2D eigenvalue weighted by atomic mass is 35.5. The van der Waals surface area contributed by atoms with Crippen molar-refractivity contribution in [2.75, 3.05) is 42.6 Å². The van der Waals surface area contributed by atoms with Gasteiger partial charge in [0.1, 0.15) is 12.4 Å². The first-order chi connectivity index (χ1) is 14.6. The average Bonchev–Trinajstić information content (AvgIpc) is 3.32. The number of halogens is 1. The standard InChI is InChI=1S/C22H29ClN4O3/c23-18-13-17(27-11-12-30-21(27)29)14-24-19(18)25-9-4-7-22(15-25)8-10-26(20(22)28)16-5-2-1-3-6-16/h13-14,16H,1-12,15H2/t22-/m0/s1. The topological polar surface area (TPSA) is 66.0 Å². The van der Waals surface area contributed by atoms with Crippen LogP contribution in [0.4, 0.5) is 16.3 Å². The molecule has 3 aliphatic heterocycles. The van der Waals surface area contributed by atoms with Crippen molar-refractivity contribution in [3.05, 3.63) is 17.3 Å². The number of rotatable bonds is 3. The molecule has 0 bridgehead atoms. The number of aromatic nitrogens is 1. The summed E-state index contributed by atoms with van der Waals surface area (Å²) in [5, 5.41) is 0.513. The Hall–Kier alpha value is -2.02. The predicted molar refractivity (Wildman–Crippen MR) is 115 cm³/mol. The van der Waals surface area contributed by atoms with Crippen LogP contribution in [0.5, 0.6) is 0 Å². The van der Waals surface area contributed by atoms with E-state index in [9.17, 15) is 9.59 Å². The van der Waals surface area contributed by atoms with Crippen LogP contribution in [-0.2, 0) is 9.53 Å². The van der Waals surface area contributed by atoms with Crippen molar-refractivity contribution in [2.45, 2.75) is 57.4 Å². The molecule has 5 rings (SSSR count). The van der Waals surface area contributed by atoms with Crippen LogP contribution >= 0.6 is 11.6 Å². The molecule has 1 aromatic rings. The minimum absolute atomic E-state index is 0.307. The van der Waals surface area contributed by atoms with Gasteiger partial charge in [0.05, 0.1) is 28.9 Å². The fourth-order valence-electron chi connectivity index (χ4n) is 5.71. The molecule has 162 valence electrons. The van der Waals surface area contributed by atoms with Gasteiger partial charge >= 0.3 is 6.09 Å². The number of nitrogens with zero attached hydrogens (tertiary/aromatic N) is 4. The van der Waals surface area contributed by atoms with Gasteiger partial charge in [0, 0.05) is 25.7 Å². The number of anilines is 2. The van der Waals surface area contributed by atoms with Crippen molar-refractivity contribution in [3.63, 3.8) is 0 Å². The highest BCUT2D eigenvalue weighted by Crippen LogP contribution is 2.44. The molecule has 30 heavy (non-hydrogen) atoms. The number of amides is 2. The van der Waals surface area contributed by atoms with Gasteiger partial charge in [0.15, 0.2) is 0 Å². The molecule has 3 saturated heterocycles. The van der Waals surface area contributed by atoms with Crippen LogP contribution in [0.2, 0.25) is 5.02 Å². The van der Waals surface area contributed by atoms with Crippen molar-refractivity contribution in [1.29, 1.82) is 0 Å². The Bertz CT molecular complexity index is 844. The van der Waals surface area contributed by atoms with Gasteiger partial charge in [-0.1, -0.05) is 30.9 Å². The van der Waals surface area contributed by atoms with Crippen molar-refractivity contribution >= 4 is 35.1 Å². The third-order valence-electron chi connectivity index (χ3n) is 7.32. The largest absolute Gasteiger partial charge is 0.447 e. The van der Waals surface area contributed by atoms with Crippen molar-refractivity contribution in [3.8, 4) is 0 Å². The van der Waals surface area contributed by atoms with E-state index in [1.54, 1.807) is 17.2 Å². The van der Waals surface area contributed by atoms with Crippen LogP contribution in [-0.4, -0.2) is 60.7 Å². The zero-order valence-electron chi connectivity index (χ0n) is 17.3. The Morgan fingerprint density at radius 1 is 1.07 bits per heavy atom. The van der Waals surface area contributed by atoms with Crippen LogP contribution < -0.4 is 9.80 Å². The predicted octanol–water partition coefficient (Wildman–Crippen LogP) is 3.84. The van der Waals surface area contributed by atoms with E-state index in [1.165, 1.54) is 19.3 Å². The lowest BCUT2D eigenvalue weighted by molar-refractivity contribution is -0.138. The molecule has 1 spiro atoms. The second kappa shape index (κ2) is 7.91. The number of pyridine rings is 1. The van der Waals surface area contributed by atoms with E-state index in [4.69, 9.17) is 16.3 Å². The highest BCUT2D eigenvalue weighted by Gasteiger charge is 2.50. The lowest BCUT2D eigenvalue weighted by Crippen LogP contribution is -2.50. The van der Waals surface area contributed by atoms with Gasteiger partial charge in [-0.05, 0) is 38.2 Å². The van der Waals surface area contributed by atoms with Crippen LogP contribution in [0, 0.1) is 5.41 Å². The molecule has 4 heterocycles. The monoisotopic (exact) mass is 432 g/mol. The van der Waals surface area contributed by atoms with E-state index in [-0.39, 0.29) is 11.5 Å². The summed E-state index contributed by atoms with van der Waals surface area (Å²) in [5.41, 5.74) is 0.344. The molecule has 4 fully saturated rings. The fourth-order valence-corrected chi connectivity index (χ4v) is 5.99. The minimum Gasteiger partial charge on any atom is -0.447 e. The molecule has 1 atom stereocenters. The first-order valence-electron chi connectivity index (χ1n) is 11.2. The smallest absolute Gasteiger partial charge is 0.414 e. The number of likely N-dealkylation sites (tertiary alicyclic amines) is 1. The Balaban J connectivity index is 1.33. The maximum absolute atomic E-state index is 13.5. The molecule has 1 saturated carbocycles. The third-order valence-corrected chi connectivity index (χ3v) is 7.60. The molecular weight excluding hydrogens is 404 g/mol. The second-order valence-electron chi connectivity index (χ2n) is 9.11. The van der Waals surface area contributed by atoms with E-state index < -0.39 is 0 Å². The van der Waals surface area contributed by atoms with E-state index in [0.29, 0.717) is 48.2 Å². The van der Waals surface area contributed by atoms with E-state index in [1.807, 2.05) is 0 Å². The summed E-state index contributed by atoms with van der Waals surface area (Å²) in [6, 6.07) is 2.21. The molecule has 1 aromatic heterocycles. The quantitative estimate of drug-likeness (QED) is 0.725. The second-order valence-corrected chi connectivity index (χ2v) is 9.52. The van der Waals surface area contributed by atoms with E-state index in [2.05, 4.69) is 14.8 Å². The summed E-state index contributed by atoms with van der Waals surface area (Å²) in [6.45, 7) is 3.29. The number of hydrogen-bond donors (Lipinski definition) is 0. The Kier molecular flexibility index (Phi) is 5.25. The highest BCUT2D eigenvalue weighted by molar-refractivity contribution is 6.33. The van der Waals surface area contributed by atoms with E-state index >= 15 is 0 Å². The van der Waals surface area contributed by atoms with Gasteiger partial charge in [-0.15, -0.1) is 0 Å². The normalized spacial score (nSPS) is 28.0. The van der Waals surface area contributed by atoms with Crippen LogP contribution in [0.15, 0.2) is 12.3 Å². The van der Waals surface area contributed by atoms with Crippen LogP contribution in [0.3, 0.4) is 0 Å². The molecule has 4 aliphatic rings. The Morgan fingerprint density at radius 2 is 1.90 bits per heavy atom. The average molecular weight is 433 g/mol. The maximum Gasteiger partial charge on any atom is 0.414 e. The first kappa shape index (κ1) is 19.9. The maximum atomic E-state index is 13.5.